The molecule has 0 saturated carbocycles. The molecular weight excluding hydrogens is 276 g/mol. The standard InChI is InChI=1S/C23H22/c1-15-9-7-11-17(16(15)2)18-12-8-14-21-22(18)19-10-5-6-13-20(19)23(21,3)4/h5-14H,1-4H3. The van der Waals surface area contributed by atoms with E-state index in [9.17, 15) is 0 Å². The van der Waals surface area contributed by atoms with Gasteiger partial charge in [0.15, 0.2) is 0 Å². The van der Waals surface area contributed by atoms with Gasteiger partial charge in [0.05, 0.1) is 0 Å². The maximum absolute atomic E-state index is 2.34. The van der Waals surface area contributed by atoms with Crippen LogP contribution in [-0.4, -0.2) is 0 Å². The Morgan fingerprint density at radius 3 is 2.04 bits per heavy atom. The van der Waals surface area contributed by atoms with Gasteiger partial charge < -0.3 is 0 Å². The van der Waals surface area contributed by atoms with Crippen molar-refractivity contribution in [2.75, 3.05) is 0 Å². The lowest BCUT2D eigenvalue weighted by atomic mass is 9.82. The van der Waals surface area contributed by atoms with E-state index in [2.05, 4.69) is 88.4 Å². The monoisotopic (exact) mass is 298 g/mol. The lowest BCUT2D eigenvalue weighted by Crippen LogP contribution is -2.14. The Balaban J connectivity index is 2.09. The zero-order valence-corrected chi connectivity index (χ0v) is 14.3. The maximum Gasteiger partial charge on any atom is 0.0159 e. The van der Waals surface area contributed by atoms with Crippen LogP contribution in [0.2, 0.25) is 0 Å². The molecule has 3 aromatic carbocycles. The first-order valence-electron chi connectivity index (χ1n) is 8.32. The highest BCUT2D eigenvalue weighted by Crippen LogP contribution is 2.52. The van der Waals surface area contributed by atoms with E-state index in [0.29, 0.717) is 0 Å². The van der Waals surface area contributed by atoms with E-state index in [1.165, 1.54) is 44.5 Å². The third-order valence-corrected chi connectivity index (χ3v) is 5.50. The normalized spacial score (nSPS) is 14.4. The van der Waals surface area contributed by atoms with Crippen LogP contribution in [0.25, 0.3) is 22.3 Å². The lowest BCUT2D eigenvalue weighted by Gasteiger charge is -2.21. The summed E-state index contributed by atoms with van der Waals surface area (Å²) < 4.78 is 0. The van der Waals surface area contributed by atoms with Crippen LogP contribution in [0.5, 0.6) is 0 Å². The number of hydrogen-bond acceptors (Lipinski definition) is 0. The molecule has 4 rings (SSSR count). The minimum atomic E-state index is 0.0691. The van der Waals surface area contributed by atoms with E-state index >= 15 is 0 Å². The Morgan fingerprint density at radius 2 is 1.22 bits per heavy atom. The van der Waals surface area contributed by atoms with Gasteiger partial charge in [-0.3, -0.25) is 0 Å². The van der Waals surface area contributed by atoms with Crippen molar-refractivity contribution >= 4 is 0 Å². The highest BCUT2D eigenvalue weighted by molar-refractivity contribution is 5.93. The smallest absolute Gasteiger partial charge is 0.0159 e. The fourth-order valence-corrected chi connectivity index (χ4v) is 4.02. The van der Waals surface area contributed by atoms with Crippen molar-refractivity contribution in [2.45, 2.75) is 33.1 Å². The number of rotatable bonds is 1. The van der Waals surface area contributed by atoms with E-state index in [4.69, 9.17) is 0 Å². The second kappa shape index (κ2) is 4.83. The molecule has 0 unspecified atom stereocenters. The summed E-state index contributed by atoms with van der Waals surface area (Å²) in [5, 5.41) is 0. The summed E-state index contributed by atoms with van der Waals surface area (Å²) >= 11 is 0. The number of hydrogen-bond donors (Lipinski definition) is 0. The van der Waals surface area contributed by atoms with Crippen LogP contribution >= 0.6 is 0 Å². The van der Waals surface area contributed by atoms with Gasteiger partial charge in [-0.05, 0) is 58.4 Å². The molecule has 0 fully saturated rings. The molecule has 0 aromatic heterocycles. The second-order valence-electron chi connectivity index (χ2n) is 7.15. The first-order valence-corrected chi connectivity index (χ1v) is 8.32. The first kappa shape index (κ1) is 14.3. The predicted molar refractivity (Wildman–Crippen MR) is 98.9 cm³/mol. The Bertz CT molecular complexity index is 913. The zero-order valence-electron chi connectivity index (χ0n) is 14.3. The quantitative estimate of drug-likeness (QED) is 0.496. The van der Waals surface area contributed by atoms with E-state index in [1.807, 2.05) is 0 Å². The lowest BCUT2D eigenvalue weighted by molar-refractivity contribution is 0.660. The molecule has 0 bridgehead atoms. The van der Waals surface area contributed by atoms with Crippen molar-refractivity contribution in [3.8, 4) is 22.3 Å². The molecule has 114 valence electrons. The fourth-order valence-electron chi connectivity index (χ4n) is 4.02. The van der Waals surface area contributed by atoms with Gasteiger partial charge in [-0.1, -0.05) is 74.5 Å². The van der Waals surface area contributed by atoms with E-state index in [0.717, 1.165) is 0 Å². The molecule has 3 aromatic rings. The molecule has 0 amide bonds. The molecule has 0 N–H and O–H groups in total. The molecule has 0 spiro atoms. The Labute approximate surface area is 138 Å². The van der Waals surface area contributed by atoms with Gasteiger partial charge in [-0.15, -0.1) is 0 Å². The summed E-state index contributed by atoms with van der Waals surface area (Å²) in [6, 6.07) is 22.3. The van der Waals surface area contributed by atoms with Gasteiger partial charge >= 0.3 is 0 Å². The first-order chi connectivity index (χ1) is 11.0. The van der Waals surface area contributed by atoms with Crippen molar-refractivity contribution in [1.29, 1.82) is 0 Å². The average molecular weight is 298 g/mol. The van der Waals surface area contributed by atoms with Gasteiger partial charge in [0.25, 0.3) is 0 Å². The summed E-state index contributed by atoms with van der Waals surface area (Å²) in [6.07, 6.45) is 0. The van der Waals surface area contributed by atoms with Crippen molar-refractivity contribution in [3.05, 3.63) is 82.9 Å². The van der Waals surface area contributed by atoms with Crippen LogP contribution in [0.1, 0.15) is 36.1 Å². The van der Waals surface area contributed by atoms with Gasteiger partial charge in [0.1, 0.15) is 0 Å². The van der Waals surface area contributed by atoms with E-state index in [1.54, 1.807) is 0 Å². The van der Waals surface area contributed by atoms with Crippen molar-refractivity contribution in [2.24, 2.45) is 0 Å². The van der Waals surface area contributed by atoms with Gasteiger partial charge in [-0.25, -0.2) is 0 Å². The van der Waals surface area contributed by atoms with Crippen LogP contribution < -0.4 is 0 Å². The molecule has 1 aliphatic rings. The van der Waals surface area contributed by atoms with Crippen LogP contribution in [0, 0.1) is 13.8 Å². The molecule has 0 atom stereocenters. The highest BCUT2D eigenvalue weighted by atomic mass is 14.4. The van der Waals surface area contributed by atoms with Crippen LogP contribution in [0.4, 0.5) is 0 Å². The van der Waals surface area contributed by atoms with Crippen LogP contribution in [0.3, 0.4) is 0 Å². The average Bonchev–Trinajstić information content (AvgIpc) is 2.79. The predicted octanol–water partition coefficient (Wildman–Crippen LogP) is 6.28. The molecule has 0 heteroatoms. The van der Waals surface area contributed by atoms with Gasteiger partial charge in [-0.2, -0.15) is 0 Å². The minimum Gasteiger partial charge on any atom is -0.0619 e. The molecule has 1 aliphatic carbocycles. The molecule has 23 heavy (non-hydrogen) atoms. The summed E-state index contributed by atoms with van der Waals surface area (Å²) in [7, 11) is 0. The Hall–Kier alpha value is -2.34. The molecule has 0 nitrogen and oxygen atoms in total. The molecular formula is C23H22. The van der Waals surface area contributed by atoms with Crippen molar-refractivity contribution in [3.63, 3.8) is 0 Å². The Kier molecular flexibility index (Phi) is 2.99. The van der Waals surface area contributed by atoms with Crippen LogP contribution in [-0.2, 0) is 5.41 Å². The number of fused-ring (bicyclic) bond motifs is 3. The molecule has 0 radical (unpaired) electrons. The van der Waals surface area contributed by atoms with E-state index < -0.39 is 0 Å². The number of benzene rings is 3. The molecule has 0 heterocycles. The summed E-state index contributed by atoms with van der Waals surface area (Å²) in [4.78, 5) is 0. The van der Waals surface area contributed by atoms with E-state index in [-0.39, 0.29) is 5.41 Å². The van der Waals surface area contributed by atoms with Crippen molar-refractivity contribution in [1.82, 2.24) is 0 Å². The molecule has 0 saturated heterocycles. The van der Waals surface area contributed by atoms with Gasteiger partial charge in [0, 0.05) is 5.41 Å². The second-order valence-corrected chi connectivity index (χ2v) is 7.15. The highest BCUT2D eigenvalue weighted by Gasteiger charge is 2.36. The SMILES string of the molecule is Cc1cccc(-c2cccc3c2-c2ccccc2C3(C)C)c1C. The zero-order chi connectivity index (χ0) is 16.2. The summed E-state index contributed by atoms with van der Waals surface area (Å²) in [6.45, 7) is 9.10. The topological polar surface area (TPSA) is 0 Å². The largest absolute Gasteiger partial charge is 0.0619 e. The number of aryl methyl sites for hydroxylation is 1. The fraction of sp³-hybridized carbons (Fsp3) is 0.217. The third kappa shape index (κ3) is 1.91. The maximum atomic E-state index is 2.34. The summed E-state index contributed by atoms with van der Waals surface area (Å²) in [5.41, 5.74) is 11.2. The van der Waals surface area contributed by atoms with Crippen molar-refractivity contribution < 1.29 is 0 Å². The molecule has 0 aliphatic heterocycles. The third-order valence-electron chi connectivity index (χ3n) is 5.50. The minimum absolute atomic E-state index is 0.0691. The van der Waals surface area contributed by atoms with Gasteiger partial charge in [0.2, 0.25) is 0 Å². The Morgan fingerprint density at radius 1 is 0.609 bits per heavy atom. The van der Waals surface area contributed by atoms with Crippen LogP contribution in [0.15, 0.2) is 60.7 Å². The summed E-state index contributed by atoms with van der Waals surface area (Å²) in [5.74, 6) is 0.